The van der Waals surface area contributed by atoms with Crippen molar-refractivity contribution in [3.05, 3.63) is 34.3 Å². The van der Waals surface area contributed by atoms with Crippen molar-refractivity contribution in [2.75, 3.05) is 12.4 Å². The molecule has 114 valence electrons. The van der Waals surface area contributed by atoms with Gasteiger partial charge in [0.25, 0.3) is 0 Å². The average molecular weight is 317 g/mol. The minimum absolute atomic E-state index is 0.0268. The third-order valence-corrected chi connectivity index (χ3v) is 3.59. The Morgan fingerprint density at radius 1 is 1.10 bits per heavy atom. The van der Waals surface area contributed by atoms with Crippen molar-refractivity contribution >= 4 is 28.3 Å². The van der Waals surface area contributed by atoms with Crippen molar-refractivity contribution in [3.63, 3.8) is 0 Å². The van der Waals surface area contributed by atoms with E-state index in [1.165, 1.54) is 12.1 Å². The number of anilines is 1. The first-order valence-electron chi connectivity index (χ1n) is 6.44. The number of benzene rings is 1. The van der Waals surface area contributed by atoms with Crippen LogP contribution in [0.15, 0.2) is 18.2 Å². The highest BCUT2D eigenvalue weighted by molar-refractivity contribution is 6.35. The minimum Gasteiger partial charge on any atom is -0.373 e. The lowest BCUT2D eigenvalue weighted by Gasteiger charge is -2.23. The Balaban J connectivity index is 2.91. The van der Waals surface area contributed by atoms with E-state index in [0.717, 1.165) is 6.07 Å². The highest BCUT2D eigenvalue weighted by Crippen LogP contribution is 2.40. The average Bonchev–Trinajstić information content (AvgIpc) is 2.35. The molecule has 0 unspecified atom stereocenters. The van der Waals surface area contributed by atoms with Gasteiger partial charge in [-0.15, -0.1) is 0 Å². The molecule has 1 aromatic carbocycles. The summed E-state index contributed by atoms with van der Waals surface area (Å²) in [7, 11) is 1.69. The molecule has 2 nitrogen and oxygen atoms in total. The maximum absolute atomic E-state index is 13.2. The summed E-state index contributed by atoms with van der Waals surface area (Å²) in [6.07, 6.45) is -4.44. The highest BCUT2D eigenvalue weighted by Gasteiger charge is 2.34. The molecule has 0 saturated carbocycles. The van der Waals surface area contributed by atoms with E-state index in [4.69, 9.17) is 11.6 Å². The van der Waals surface area contributed by atoms with E-state index in [2.05, 4.69) is 10.3 Å². The lowest BCUT2D eigenvalue weighted by Crippen LogP contribution is -2.16. The maximum atomic E-state index is 13.2. The van der Waals surface area contributed by atoms with E-state index in [9.17, 15) is 13.2 Å². The molecule has 1 aromatic heterocycles. The number of halogens is 4. The van der Waals surface area contributed by atoms with Gasteiger partial charge in [-0.2, -0.15) is 13.2 Å². The van der Waals surface area contributed by atoms with Crippen LogP contribution in [0.5, 0.6) is 0 Å². The Morgan fingerprint density at radius 2 is 1.71 bits per heavy atom. The van der Waals surface area contributed by atoms with Crippen LogP contribution in [0.2, 0.25) is 5.02 Å². The number of alkyl halides is 3. The second-order valence-corrected chi connectivity index (χ2v) is 6.28. The van der Waals surface area contributed by atoms with Gasteiger partial charge in [-0.05, 0) is 23.6 Å². The van der Waals surface area contributed by atoms with Gasteiger partial charge in [0.2, 0.25) is 0 Å². The second-order valence-electron chi connectivity index (χ2n) is 5.87. The van der Waals surface area contributed by atoms with Crippen molar-refractivity contribution < 1.29 is 13.2 Å². The van der Waals surface area contributed by atoms with Crippen molar-refractivity contribution in [2.45, 2.75) is 32.4 Å². The van der Waals surface area contributed by atoms with Crippen LogP contribution in [0.1, 0.15) is 31.9 Å². The number of nitrogens with zero attached hydrogens (tertiary/aromatic N) is 1. The molecule has 2 rings (SSSR count). The second kappa shape index (κ2) is 5.05. The standard InChI is InChI=1S/C15H16ClF3N2/c1-14(2,3)10-7-8-9(15(17,18)19)5-6-11(16)12(8)21-13(10)20-4/h5-7H,1-4H3,(H,20,21). The molecule has 0 fully saturated rings. The van der Waals surface area contributed by atoms with Gasteiger partial charge in [-0.25, -0.2) is 4.98 Å². The van der Waals surface area contributed by atoms with Crippen LogP contribution < -0.4 is 5.32 Å². The first kappa shape index (κ1) is 15.9. The first-order chi connectivity index (χ1) is 9.55. The lowest BCUT2D eigenvalue weighted by molar-refractivity contribution is -0.136. The van der Waals surface area contributed by atoms with Gasteiger partial charge in [0.15, 0.2) is 0 Å². The summed E-state index contributed by atoms with van der Waals surface area (Å²) < 4.78 is 39.5. The van der Waals surface area contributed by atoms with Crippen LogP contribution in [0.4, 0.5) is 19.0 Å². The number of fused-ring (bicyclic) bond motifs is 1. The van der Waals surface area contributed by atoms with Gasteiger partial charge < -0.3 is 5.32 Å². The number of hydrogen-bond donors (Lipinski definition) is 1. The zero-order valence-corrected chi connectivity index (χ0v) is 12.9. The maximum Gasteiger partial charge on any atom is 0.417 e. The quantitative estimate of drug-likeness (QED) is 0.777. The monoisotopic (exact) mass is 316 g/mol. The molecule has 1 heterocycles. The van der Waals surface area contributed by atoms with E-state index < -0.39 is 11.7 Å². The van der Waals surface area contributed by atoms with Crippen molar-refractivity contribution in [2.24, 2.45) is 0 Å². The first-order valence-corrected chi connectivity index (χ1v) is 6.82. The summed E-state index contributed by atoms with van der Waals surface area (Å²) in [6.45, 7) is 5.78. The lowest BCUT2D eigenvalue weighted by atomic mass is 9.86. The van der Waals surface area contributed by atoms with Crippen LogP contribution in [0, 0.1) is 0 Å². The SMILES string of the molecule is CNc1nc2c(Cl)ccc(C(F)(F)F)c2cc1C(C)(C)C. The predicted octanol–water partition coefficient (Wildman–Crippen LogP) is 5.25. The summed E-state index contributed by atoms with van der Waals surface area (Å²) in [5, 5.41) is 3.16. The fraction of sp³-hybridized carbons (Fsp3) is 0.400. The molecular weight excluding hydrogens is 301 g/mol. The molecule has 0 radical (unpaired) electrons. The summed E-state index contributed by atoms with van der Waals surface area (Å²) in [5.41, 5.74) is -0.193. The number of pyridine rings is 1. The fourth-order valence-corrected chi connectivity index (χ4v) is 2.44. The molecular formula is C15H16ClF3N2. The van der Waals surface area contributed by atoms with Gasteiger partial charge in [0.05, 0.1) is 16.1 Å². The van der Waals surface area contributed by atoms with Crippen molar-refractivity contribution in [1.82, 2.24) is 4.98 Å². The molecule has 1 N–H and O–H groups in total. The Labute approximate surface area is 126 Å². The Morgan fingerprint density at radius 3 is 2.19 bits per heavy atom. The van der Waals surface area contributed by atoms with Gasteiger partial charge >= 0.3 is 6.18 Å². The molecule has 2 aromatic rings. The molecule has 0 spiro atoms. The van der Waals surface area contributed by atoms with E-state index in [1.807, 2.05) is 20.8 Å². The Hall–Kier alpha value is -1.49. The van der Waals surface area contributed by atoms with Gasteiger partial charge in [-0.1, -0.05) is 32.4 Å². The van der Waals surface area contributed by atoms with Gasteiger partial charge in [-0.3, -0.25) is 0 Å². The third-order valence-electron chi connectivity index (χ3n) is 3.29. The number of rotatable bonds is 1. The van der Waals surface area contributed by atoms with E-state index in [0.29, 0.717) is 11.4 Å². The molecule has 0 saturated heterocycles. The molecule has 0 aliphatic heterocycles. The summed E-state index contributed by atoms with van der Waals surface area (Å²) in [6, 6.07) is 3.76. The fourth-order valence-electron chi connectivity index (χ4n) is 2.24. The molecule has 0 atom stereocenters. The van der Waals surface area contributed by atoms with E-state index in [-0.39, 0.29) is 21.3 Å². The minimum atomic E-state index is -4.44. The molecule has 0 amide bonds. The molecule has 0 aliphatic carbocycles. The Bertz CT molecular complexity index is 688. The van der Waals surface area contributed by atoms with Crippen LogP contribution >= 0.6 is 11.6 Å². The summed E-state index contributed by atoms with van der Waals surface area (Å²) >= 11 is 6.02. The van der Waals surface area contributed by atoms with Gasteiger partial charge in [0.1, 0.15) is 5.82 Å². The molecule has 6 heteroatoms. The molecule has 0 aliphatic rings. The summed E-state index contributed by atoms with van der Waals surface area (Å²) in [4.78, 5) is 4.29. The van der Waals surface area contributed by atoms with Gasteiger partial charge in [0, 0.05) is 18.0 Å². The van der Waals surface area contributed by atoms with Crippen LogP contribution in [0.3, 0.4) is 0 Å². The summed E-state index contributed by atoms with van der Waals surface area (Å²) in [5.74, 6) is 0.538. The van der Waals surface area contributed by atoms with E-state index in [1.54, 1.807) is 7.05 Å². The van der Waals surface area contributed by atoms with Crippen molar-refractivity contribution in [3.8, 4) is 0 Å². The highest BCUT2D eigenvalue weighted by atomic mass is 35.5. The number of hydrogen-bond acceptors (Lipinski definition) is 2. The van der Waals surface area contributed by atoms with E-state index >= 15 is 0 Å². The number of nitrogens with one attached hydrogen (secondary N) is 1. The molecule has 0 bridgehead atoms. The van der Waals surface area contributed by atoms with Crippen molar-refractivity contribution in [1.29, 1.82) is 0 Å². The zero-order chi connectivity index (χ0) is 16.0. The largest absolute Gasteiger partial charge is 0.417 e. The number of aromatic nitrogens is 1. The van der Waals surface area contributed by atoms with Crippen LogP contribution in [-0.4, -0.2) is 12.0 Å². The predicted molar refractivity (Wildman–Crippen MR) is 80.0 cm³/mol. The normalized spacial score (nSPS) is 12.8. The Kier molecular flexibility index (Phi) is 3.82. The van der Waals surface area contributed by atoms with Crippen LogP contribution in [0.25, 0.3) is 10.9 Å². The van der Waals surface area contributed by atoms with Crippen LogP contribution in [-0.2, 0) is 11.6 Å². The smallest absolute Gasteiger partial charge is 0.373 e. The molecule has 21 heavy (non-hydrogen) atoms. The third kappa shape index (κ3) is 2.93. The zero-order valence-electron chi connectivity index (χ0n) is 12.2. The topological polar surface area (TPSA) is 24.9 Å².